The number of hydrogen-bond donors (Lipinski definition) is 0. The van der Waals surface area contributed by atoms with Crippen molar-refractivity contribution < 1.29 is 20.0 Å². The molecule has 1 unspecified atom stereocenters. The molecule has 0 fully saturated rings. The summed E-state index contributed by atoms with van der Waals surface area (Å²) in [5, 5.41) is 2.66. The Morgan fingerprint density at radius 1 is 0.605 bits per heavy atom. The Labute approximate surface area is 255 Å². The van der Waals surface area contributed by atoms with E-state index >= 15 is 0 Å². The smallest absolute Gasteiger partial charge is 0.0809 e. The monoisotopic (exact) mass is 591 g/mol. The van der Waals surface area contributed by atoms with Crippen molar-refractivity contribution in [3.63, 3.8) is 0 Å². The molecule has 0 saturated heterocycles. The van der Waals surface area contributed by atoms with E-state index in [1.54, 1.807) is 0 Å². The van der Waals surface area contributed by atoms with E-state index in [9.17, 15) is 0 Å². The SMILES string of the molecule is C[C](C)=[Ti].Cl.Cl.[c-]1ccc[pH]1.[c-]1ccccc1.[c-]1ccccc1.[c-]1ccccc1.c1ccc2[cH-]ccc2c1. The second kappa shape index (κ2) is 29.0. The third-order valence-electron chi connectivity index (χ3n) is 3.81. The van der Waals surface area contributed by atoms with Crippen LogP contribution in [-0.4, -0.2) is 3.81 Å². The summed E-state index contributed by atoms with van der Waals surface area (Å²) >= 11 is 2.08. The van der Waals surface area contributed by atoms with Crippen LogP contribution in [0.4, 0.5) is 0 Å². The van der Waals surface area contributed by atoms with E-state index in [4.69, 9.17) is 0 Å². The molecule has 0 spiro atoms. The zero-order valence-corrected chi connectivity index (χ0v) is 25.9. The summed E-state index contributed by atoms with van der Waals surface area (Å²) in [4.78, 5) is 0. The summed E-state index contributed by atoms with van der Waals surface area (Å²) in [6, 6.07) is 56.1. The van der Waals surface area contributed by atoms with E-state index in [0.717, 1.165) is 8.19 Å². The molecular weight excluding hydrogens is 558 g/mol. The van der Waals surface area contributed by atoms with Crippen LogP contribution in [0.3, 0.4) is 0 Å². The van der Waals surface area contributed by atoms with Crippen LogP contribution in [-0.2, 0) is 20.0 Å². The van der Waals surface area contributed by atoms with Gasteiger partial charge in [-0.25, -0.2) is 6.07 Å². The zero-order chi connectivity index (χ0) is 25.9. The second-order valence-corrected chi connectivity index (χ2v) is 9.67. The molecule has 0 amide bonds. The number of fused-ring (bicyclic) bond motifs is 1. The first-order chi connectivity index (χ1) is 17.7. The average Bonchev–Trinajstić information content (AvgIpc) is 3.68. The van der Waals surface area contributed by atoms with Crippen LogP contribution in [0.5, 0.6) is 0 Å². The molecule has 0 radical (unpaired) electrons. The molecule has 0 aliphatic rings. The Morgan fingerprint density at radius 2 is 1.05 bits per heavy atom. The van der Waals surface area contributed by atoms with Crippen molar-refractivity contribution in [1.29, 1.82) is 0 Å². The van der Waals surface area contributed by atoms with Crippen LogP contribution >= 0.6 is 33.0 Å². The minimum absolute atomic E-state index is 0. The van der Waals surface area contributed by atoms with E-state index in [0.29, 0.717) is 0 Å². The molecule has 1 heterocycles. The quantitative estimate of drug-likeness (QED) is 0.122. The molecule has 1 aromatic heterocycles. The van der Waals surface area contributed by atoms with Crippen LogP contribution in [0.1, 0.15) is 13.8 Å². The third kappa shape index (κ3) is 25.1. The van der Waals surface area contributed by atoms with Crippen molar-refractivity contribution in [2.45, 2.75) is 13.8 Å². The molecule has 0 N–H and O–H groups in total. The molecule has 198 valence electrons. The summed E-state index contributed by atoms with van der Waals surface area (Å²) < 4.78 is 1.42. The average molecular weight is 592 g/mol. The Morgan fingerprint density at radius 3 is 1.32 bits per heavy atom. The van der Waals surface area contributed by atoms with Crippen LogP contribution in [0.25, 0.3) is 10.8 Å². The Hall–Kier alpha value is -2.57. The summed E-state index contributed by atoms with van der Waals surface area (Å²) in [5.74, 6) is 5.11. The minimum Gasteiger partial charge on any atom is -0.271 e. The standard InChI is InChI=1S/C9H7.3C6H5.C4H4P.C3H6.2ClH.Ti/c1-2-5-9-7-3-6-8(9)4-1;3*1-2-4-6-5-3-1;1-2-4-5-3-1;1-3-2;;;/h1-7H;3*1-5H;1-3,5H;1-2H3;2*1H;/q5*-1;;;;. The number of rotatable bonds is 0. The van der Waals surface area contributed by atoms with Gasteiger partial charge in [-0.05, 0) is 0 Å². The van der Waals surface area contributed by atoms with Crippen molar-refractivity contribution in [2.75, 3.05) is 0 Å². The molecule has 6 rings (SSSR count). The molecule has 1 atom stereocenters. The van der Waals surface area contributed by atoms with E-state index < -0.39 is 0 Å². The Kier molecular flexibility index (Phi) is 28.7. The fourth-order valence-electron chi connectivity index (χ4n) is 2.34. The van der Waals surface area contributed by atoms with Gasteiger partial charge in [0.15, 0.2) is 0 Å². The zero-order valence-electron chi connectivity index (χ0n) is 21.8. The van der Waals surface area contributed by atoms with Crippen LogP contribution < -0.4 is 0 Å². The molecule has 0 nitrogen and oxygen atoms in total. The predicted octanol–water partition coefficient (Wildman–Crippen LogP) is 10.1. The van der Waals surface area contributed by atoms with Crippen LogP contribution in [0, 0.1) is 24.0 Å². The molecule has 4 heteroatoms. The molecule has 6 aromatic rings. The molecule has 0 saturated carbocycles. The first-order valence-electron chi connectivity index (χ1n) is 11.5. The van der Waals surface area contributed by atoms with Gasteiger partial charge in [-0.2, -0.15) is 144 Å². The molecule has 0 aliphatic heterocycles. The van der Waals surface area contributed by atoms with Crippen LogP contribution in [0.2, 0.25) is 0 Å². The van der Waals surface area contributed by atoms with E-state index in [1.165, 1.54) is 14.6 Å². The molecule has 0 aliphatic carbocycles. The van der Waals surface area contributed by atoms with E-state index in [-0.39, 0.29) is 24.8 Å². The predicted molar refractivity (Wildman–Crippen MR) is 171 cm³/mol. The summed E-state index contributed by atoms with van der Waals surface area (Å²) in [6.45, 7) is 4.17. The second-order valence-electron chi connectivity index (χ2n) is 7.20. The van der Waals surface area contributed by atoms with Gasteiger partial charge in [0, 0.05) is 0 Å². The van der Waals surface area contributed by atoms with Crippen molar-refractivity contribution in [2.24, 2.45) is 0 Å². The van der Waals surface area contributed by atoms with Gasteiger partial charge in [-0.1, -0.05) is 6.07 Å². The molecule has 38 heavy (non-hydrogen) atoms. The van der Waals surface area contributed by atoms with Crippen molar-refractivity contribution in [1.82, 2.24) is 0 Å². The maximum Gasteiger partial charge on any atom is -0.0809 e. The summed E-state index contributed by atoms with van der Waals surface area (Å²) in [5.41, 5.74) is 0. The van der Waals surface area contributed by atoms with Gasteiger partial charge in [0.2, 0.25) is 0 Å². The van der Waals surface area contributed by atoms with E-state index in [1.807, 2.05) is 103 Å². The summed E-state index contributed by atoms with van der Waals surface area (Å²) in [7, 11) is 0.823. The van der Waals surface area contributed by atoms with Gasteiger partial charge in [0.1, 0.15) is 0 Å². The summed E-state index contributed by atoms with van der Waals surface area (Å²) in [6.07, 6.45) is 0. The van der Waals surface area contributed by atoms with Gasteiger partial charge in [-0.3, -0.25) is 8.19 Å². The Balaban J connectivity index is 0. The van der Waals surface area contributed by atoms with Gasteiger partial charge in [0.05, 0.1) is 0 Å². The fourth-order valence-corrected chi connectivity index (χ4v) is 2.82. The molecule has 5 aromatic carbocycles. The van der Waals surface area contributed by atoms with Crippen molar-refractivity contribution in [3.05, 3.63) is 175 Å². The van der Waals surface area contributed by atoms with Gasteiger partial charge in [0.25, 0.3) is 0 Å². The Bertz CT molecular complexity index is 1000. The largest absolute Gasteiger partial charge is 0.271 e. The normalized spacial score (nSPS) is 8.13. The van der Waals surface area contributed by atoms with Gasteiger partial charge >= 0.3 is 37.6 Å². The third-order valence-corrected chi connectivity index (χ3v) is 4.50. The maximum atomic E-state index is 3.01. The van der Waals surface area contributed by atoms with Gasteiger partial charge < -0.3 is 0 Å². The van der Waals surface area contributed by atoms with Gasteiger partial charge in [-0.15, -0.1) is 54.5 Å². The maximum absolute atomic E-state index is 3.01. The molecule has 0 bridgehead atoms. The first kappa shape index (κ1) is 37.6. The van der Waals surface area contributed by atoms with E-state index in [2.05, 4.69) is 106 Å². The topological polar surface area (TPSA) is 0 Å². The van der Waals surface area contributed by atoms with Crippen molar-refractivity contribution in [3.8, 4) is 0 Å². The number of hydrogen-bond acceptors (Lipinski definition) is 0. The fraction of sp³-hybridized carbons (Fsp3) is 0.0588. The minimum atomic E-state index is 0. The number of benzene rings is 4. The first-order valence-corrected chi connectivity index (χ1v) is 13.4. The van der Waals surface area contributed by atoms with Crippen LogP contribution in [0.15, 0.2) is 151 Å². The van der Waals surface area contributed by atoms with Crippen molar-refractivity contribution >= 4 is 47.6 Å². The number of halogens is 2. The molecular formula is C34H34Cl2PTi-5.